The minimum atomic E-state index is -0.773. The van der Waals surface area contributed by atoms with E-state index in [1.54, 1.807) is 6.26 Å². The average molecular weight is 369 g/mol. The van der Waals surface area contributed by atoms with E-state index in [0.29, 0.717) is 12.3 Å². The average Bonchev–Trinajstić information content (AvgIpc) is 3.00. The maximum atomic E-state index is 12.4. The minimum absolute atomic E-state index is 0.0794. The second-order valence-electron chi connectivity index (χ2n) is 8.85. The lowest BCUT2D eigenvalue weighted by atomic mass is 9.51. The number of rotatable bonds is 2. The van der Waals surface area contributed by atoms with Crippen molar-refractivity contribution < 1.29 is 18.9 Å². The largest absolute Gasteiger partial charge is 0.463 e. The zero-order valence-electron chi connectivity index (χ0n) is 15.8. The fourth-order valence-corrected chi connectivity index (χ4v) is 5.72. The standard InChI is InChI=1S/C21H23NO5/c1-20(2)9-4-10-21(3)13-11-27-19(12(13)5-8-16(20)21)17-14(23)6-7-15(24)18(17)22(25)26/h6-7,11,16H,4-5,8-10H2,1-3H3/t16-,21+/m0/s1. The molecule has 142 valence electrons. The minimum Gasteiger partial charge on any atom is -0.463 e. The Balaban J connectivity index is 1.89. The Labute approximate surface area is 157 Å². The maximum Gasteiger partial charge on any atom is 0.331 e. The number of nitro groups is 1. The summed E-state index contributed by atoms with van der Waals surface area (Å²) in [5, 5.41) is 11.5. The van der Waals surface area contributed by atoms with E-state index in [4.69, 9.17) is 4.42 Å². The topological polar surface area (TPSA) is 90.4 Å². The molecule has 3 aliphatic carbocycles. The summed E-state index contributed by atoms with van der Waals surface area (Å²) < 4.78 is 5.77. The van der Waals surface area contributed by atoms with Crippen molar-refractivity contribution in [3.05, 3.63) is 51.1 Å². The van der Waals surface area contributed by atoms with Crippen LogP contribution < -0.4 is 0 Å². The van der Waals surface area contributed by atoms with Crippen molar-refractivity contribution in [3.8, 4) is 0 Å². The smallest absolute Gasteiger partial charge is 0.331 e. The molecule has 6 heteroatoms. The molecule has 1 aromatic rings. The van der Waals surface area contributed by atoms with Crippen LogP contribution in [0.15, 0.2) is 28.5 Å². The highest BCUT2D eigenvalue weighted by molar-refractivity contribution is 6.34. The fourth-order valence-electron chi connectivity index (χ4n) is 5.72. The molecule has 1 aromatic heterocycles. The molecule has 3 aliphatic rings. The maximum absolute atomic E-state index is 12.4. The molecule has 1 saturated carbocycles. The fraction of sp³-hybridized carbons (Fsp3) is 0.524. The third kappa shape index (κ3) is 2.46. The van der Waals surface area contributed by atoms with E-state index in [1.807, 2.05) is 0 Å². The van der Waals surface area contributed by atoms with Gasteiger partial charge >= 0.3 is 5.70 Å². The molecule has 0 saturated heterocycles. The molecule has 0 bridgehead atoms. The van der Waals surface area contributed by atoms with Crippen molar-refractivity contribution in [2.75, 3.05) is 0 Å². The molecule has 1 heterocycles. The van der Waals surface area contributed by atoms with Crippen molar-refractivity contribution in [3.63, 3.8) is 0 Å². The first-order valence-electron chi connectivity index (χ1n) is 9.43. The van der Waals surface area contributed by atoms with Crippen molar-refractivity contribution in [2.45, 2.75) is 58.3 Å². The van der Waals surface area contributed by atoms with E-state index in [-0.39, 0.29) is 22.2 Å². The van der Waals surface area contributed by atoms with Gasteiger partial charge in [0, 0.05) is 11.1 Å². The van der Waals surface area contributed by atoms with E-state index in [2.05, 4.69) is 20.8 Å². The van der Waals surface area contributed by atoms with Gasteiger partial charge in [0.2, 0.25) is 0 Å². The Bertz CT molecular complexity index is 932. The Kier molecular flexibility index (Phi) is 3.81. The van der Waals surface area contributed by atoms with Crippen LogP contribution in [0.3, 0.4) is 0 Å². The zero-order valence-corrected chi connectivity index (χ0v) is 15.8. The van der Waals surface area contributed by atoms with Gasteiger partial charge in [-0.3, -0.25) is 19.7 Å². The monoisotopic (exact) mass is 369 g/mol. The molecule has 0 N–H and O–H groups in total. The summed E-state index contributed by atoms with van der Waals surface area (Å²) in [6.07, 6.45) is 8.69. The lowest BCUT2D eigenvalue weighted by molar-refractivity contribution is -0.417. The van der Waals surface area contributed by atoms with Gasteiger partial charge in [0.1, 0.15) is 11.3 Å². The normalized spacial score (nSPS) is 29.5. The number of carbonyl (C=O) groups excluding carboxylic acids is 2. The molecular formula is C21H23NO5. The molecule has 0 aliphatic heterocycles. The number of fused-ring (bicyclic) bond motifs is 3. The number of hydrogen-bond donors (Lipinski definition) is 0. The van der Waals surface area contributed by atoms with Gasteiger partial charge in [-0.2, -0.15) is 0 Å². The van der Waals surface area contributed by atoms with E-state index in [1.165, 1.54) is 6.42 Å². The van der Waals surface area contributed by atoms with Crippen LogP contribution in [0, 0.1) is 21.4 Å². The molecule has 1 fully saturated rings. The van der Waals surface area contributed by atoms with Crippen LogP contribution in [0.2, 0.25) is 0 Å². The SMILES string of the molecule is CC1(C)CCC[C@]2(C)c3coc(C4=C([N+](=O)[O-])C(=O)C=CC4=O)c3CC[C@@H]12. The lowest BCUT2D eigenvalue weighted by Gasteiger charge is -2.53. The van der Waals surface area contributed by atoms with Gasteiger partial charge < -0.3 is 4.42 Å². The van der Waals surface area contributed by atoms with Crippen LogP contribution in [-0.4, -0.2) is 16.5 Å². The number of allylic oxidation sites excluding steroid dienone is 3. The summed E-state index contributed by atoms with van der Waals surface area (Å²) >= 11 is 0. The second-order valence-corrected chi connectivity index (χ2v) is 8.85. The van der Waals surface area contributed by atoms with Crippen molar-refractivity contribution >= 4 is 17.1 Å². The second kappa shape index (κ2) is 5.75. The molecule has 0 unspecified atom stereocenters. The first kappa shape index (κ1) is 17.9. The van der Waals surface area contributed by atoms with Crippen LogP contribution in [-0.2, 0) is 21.4 Å². The van der Waals surface area contributed by atoms with E-state index in [0.717, 1.165) is 42.5 Å². The Morgan fingerprint density at radius 3 is 2.56 bits per heavy atom. The van der Waals surface area contributed by atoms with Gasteiger partial charge in [-0.05, 0) is 54.6 Å². The van der Waals surface area contributed by atoms with E-state index >= 15 is 0 Å². The third-order valence-electron chi connectivity index (χ3n) is 6.93. The number of hydrogen-bond acceptors (Lipinski definition) is 5. The van der Waals surface area contributed by atoms with Gasteiger partial charge in [0.05, 0.1) is 11.2 Å². The highest BCUT2D eigenvalue weighted by atomic mass is 16.6. The van der Waals surface area contributed by atoms with Crippen LogP contribution in [0.5, 0.6) is 0 Å². The molecule has 0 radical (unpaired) electrons. The van der Waals surface area contributed by atoms with Crippen LogP contribution in [0.1, 0.15) is 63.3 Å². The molecule has 4 rings (SSSR count). The first-order valence-corrected chi connectivity index (χ1v) is 9.43. The predicted octanol–water partition coefficient (Wildman–Crippen LogP) is 4.01. The molecule has 27 heavy (non-hydrogen) atoms. The Morgan fingerprint density at radius 1 is 1.15 bits per heavy atom. The van der Waals surface area contributed by atoms with Gasteiger partial charge in [-0.15, -0.1) is 0 Å². The van der Waals surface area contributed by atoms with E-state index in [9.17, 15) is 19.7 Å². The number of carbonyl (C=O) groups is 2. The van der Waals surface area contributed by atoms with Gasteiger partial charge in [0.15, 0.2) is 5.78 Å². The van der Waals surface area contributed by atoms with Crippen LogP contribution >= 0.6 is 0 Å². The summed E-state index contributed by atoms with van der Waals surface area (Å²) in [5.41, 5.74) is 1.15. The quantitative estimate of drug-likeness (QED) is 0.446. The van der Waals surface area contributed by atoms with Gasteiger partial charge in [-0.1, -0.05) is 27.2 Å². The van der Waals surface area contributed by atoms with Gasteiger partial charge in [-0.25, -0.2) is 0 Å². The number of furan rings is 1. The summed E-state index contributed by atoms with van der Waals surface area (Å²) in [6.45, 7) is 6.86. The van der Waals surface area contributed by atoms with Gasteiger partial charge in [0.25, 0.3) is 5.78 Å². The third-order valence-corrected chi connectivity index (χ3v) is 6.93. The number of ketones is 2. The summed E-state index contributed by atoms with van der Waals surface area (Å²) in [5.74, 6) is -0.611. The van der Waals surface area contributed by atoms with E-state index < -0.39 is 22.2 Å². The lowest BCUT2D eigenvalue weighted by Crippen LogP contribution is -2.47. The Morgan fingerprint density at radius 2 is 1.85 bits per heavy atom. The summed E-state index contributed by atoms with van der Waals surface area (Å²) in [4.78, 5) is 35.2. The first-order chi connectivity index (χ1) is 12.7. The molecule has 0 amide bonds. The van der Waals surface area contributed by atoms with Crippen molar-refractivity contribution in [1.29, 1.82) is 0 Å². The van der Waals surface area contributed by atoms with Crippen LogP contribution in [0.25, 0.3) is 5.57 Å². The molecule has 2 atom stereocenters. The highest BCUT2D eigenvalue weighted by Gasteiger charge is 2.51. The molecule has 6 nitrogen and oxygen atoms in total. The molecular weight excluding hydrogens is 346 g/mol. The predicted molar refractivity (Wildman–Crippen MR) is 98.6 cm³/mol. The van der Waals surface area contributed by atoms with Crippen LogP contribution in [0.4, 0.5) is 0 Å². The summed E-state index contributed by atoms with van der Waals surface area (Å²) in [7, 11) is 0. The number of nitrogens with zero attached hydrogens (tertiary/aromatic N) is 1. The van der Waals surface area contributed by atoms with Crippen molar-refractivity contribution in [1.82, 2.24) is 0 Å². The zero-order chi connectivity index (χ0) is 19.6. The van der Waals surface area contributed by atoms with Crippen molar-refractivity contribution in [2.24, 2.45) is 11.3 Å². The molecule has 0 aromatic carbocycles. The summed E-state index contributed by atoms with van der Waals surface area (Å²) in [6, 6.07) is 0. The molecule has 0 spiro atoms. The Hall–Kier alpha value is -2.50. The highest BCUT2D eigenvalue weighted by Crippen LogP contribution is 2.58.